The summed E-state index contributed by atoms with van der Waals surface area (Å²) in [5.74, 6) is 1.63. The van der Waals surface area contributed by atoms with Crippen molar-refractivity contribution >= 4 is 5.96 Å². The maximum Gasteiger partial charge on any atom is 0.191 e. The molecule has 4 rings (SSSR count). The zero-order valence-electron chi connectivity index (χ0n) is 14.8. The van der Waals surface area contributed by atoms with Gasteiger partial charge >= 0.3 is 0 Å². The fraction of sp³-hybridized carbons (Fsp3) is 0.650. The Bertz CT molecular complexity index is 606. The minimum atomic E-state index is 0.390. The number of rotatable bonds is 4. The van der Waals surface area contributed by atoms with Crippen LogP contribution in [-0.4, -0.2) is 31.3 Å². The molecular formula is C20H29N3O. The zero-order valence-corrected chi connectivity index (χ0v) is 14.8. The number of ether oxygens (including phenoxy) is 1. The van der Waals surface area contributed by atoms with E-state index >= 15 is 0 Å². The van der Waals surface area contributed by atoms with Crippen molar-refractivity contribution in [2.75, 3.05) is 13.2 Å². The predicted molar refractivity (Wildman–Crippen MR) is 97.0 cm³/mol. The molecule has 3 fully saturated rings. The van der Waals surface area contributed by atoms with Gasteiger partial charge in [0, 0.05) is 30.5 Å². The Morgan fingerprint density at radius 1 is 1.29 bits per heavy atom. The third-order valence-corrected chi connectivity index (χ3v) is 6.21. The quantitative estimate of drug-likeness (QED) is 0.660. The first-order valence-electron chi connectivity index (χ1n) is 9.45. The number of fused-ring (bicyclic) bond motifs is 2. The van der Waals surface area contributed by atoms with E-state index < -0.39 is 0 Å². The molecule has 4 heteroatoms. The first-order valence-corrected chi connectivity index (χ1v) is 9.45. The topological polar surface area (TPSA) is 45.7 Å². The summed E-state index contributed by atoms with van der Waals surface area (Å²) in [6.07, 6.45) is 5.67. The van der Waals surface area contributed by atoms with E-state index in [0.29, 0.717) is 23.5 Å². The van der Waals surface area contributed by atoms with Crippen molar-refractivity contribution in [2.24, 2.45) is 16.3 Å². The predicted octanol–water partition coefficient (Wildman–Crippen LogP) is 3.01. The van der Waals surface area contributed by atoms with E-state index in [1.54, 1.807) is 0 Å². The van der Waals surface area contributed by atoms with E-state index in [4.69, 9.17) is 9.73 Å². The molecule has 1 heterocycles. The zero-order chi connectivity index (χ0) is 16.6. The van der Waals surface area contributed by atoms with Crippen LogP contribution in [0, 0.1) is 18.3 Å². The van der Waals surface area contributed by atoms with Gasteiger partial charge in [0.1, 0.15) is 0 Å². The summed E-state index contributed by atoms with van der Waals surface area (Å²) in [6, 6.07) is 9.18. The van der Waals surface area contributed by atoms with Crippen LogP contribution in [-0.2, 0) is 11.3 Å². The van der Waals surface area contributed by atoms with Gasteiger partial charge in [-0.05, 0) is 38.7 Å². The standard InChI is InChI=1S/C20H29N3O/c1-3-21-19(22-13-15-7-5-14(2)6-8-15)23-17-16-9-12-24-18(16)20(17)10-4-11-20/h5-8,16-18H,3-4,9-13H2,1-2H3,(H2,21,22,23). The Hall–Kier alpha value is -1.55. The molecule has 3 aliphatic rings. The summed E-state index contributed by atoms with van der Waals surface area (Å²) in [7, 11) is 0. The highest BCUT2D eigenvalue weighted by atomic mass is 16.5. The van der Waals surface area contributed by atoms with Gasteiger partial charge in [-0.25, -0.2) is 4.99 Å². The van der Waals surface area contributed by atoms with Crippen LogP contribution >= 0.6 is 0 Å². The lowest BCUT2D eigenvalue weighted by atomic mass is 9.46. The fourth-order valence-electron chi connectivity index (χ4n) is 4.79. The Labute approximate surface area is 145 Å². The summed E-state index contributed by atoms with van der Waals surface area (Å²) in [6.45, 7) is 6.80. The molecule has 1 aromatic carbocycles. The Morgan fingerprint density at radius 2 is 2.08 bits per heavy atom. The van der Waals surface area contributed by atoms with Crippen molar-refractivity contribution in [3.05, 3.63) is 35.4 Å². The maximum atomic E-state index is 6.02. The number of hydrogen-bond acceptors (Lipinski definition) is 2. The molecule has 2 N–H and O–H groups in total. The third-order valence-electron chi connectivity index (χ3n) is 6.21. The van der Waals surface area contributed by atoms with Crippen LogP contribution in [0.5, 0.6) is 0 Å². The van der Waals surface area contributed by atoms with Crippen LogP contribution < -0.4 is 10.6 Å². The van der Waals surface area contributed by atoms with Crippen molar-refractivity contribution < 1.29 is 4.74 Å². The molecule has 3 atom stereocenters. The summed E-state index contributed by atoms with van der Waals surface area (Å²) in [5, 5.41) is 7.19. The van der Waals surface area contributed by atoms with Gasteiger partial charge in [-0.15, -0.1) is 0 Å². The van der Waals surface area contributed by atoms with Crippen LogP contribution in [0.15, 0.2) is 29.3 Å². The Morgan fingerprint density at radius 3 is 2.75 bits per heavy atom. The molecule has 0 bridgehead atoms. The lowest BCUT2D eigenvalue weighted by molar-refractivity contribution is -0.171. The smallest absolute Gasteiger partial charge is 0.191 e. The van der Waals surface area contributed by atoms with E-state index in [0.717, 1.165) is 25.7 Å². The molecule has 1 aromatic rings. The second kappa shape index (κ2) is 6.40. The van der Waals surface area contributed by atoms with Gasteiger partial charge in [0.15, 0.2) is 5.96 Å². The second-order valence-corrected chi connectivity index (χ2v) is 7.63. The summed E-state index contributed by atoms with van der Waals surface area (Å²) in [5.41, 5.74) is 2.94. The van der Waals surface area contributed by atoms with Crippen LogP contribution in [0.25, 0.3) is 0 Å². The number of aliphatic imine (C=N–C) groups is 1. The first kappa shape index (κ1) is 15.9. The maximum absolute atomic E-state index is 6.02. The third kappa shape index (κ3) is 2.61. The van der Waals surface area contributed by atoms with Gasteiger partial charge in [-0.1, -0.05) is 36.2 Å². The van der Waals surface area contributed by atoms with Crippen LogP contribution in [0.4, 0.5) is 0 Å². The van der Waals surface area contributed by atoms with E-state index in [-0.39, 0.29) is 0 Å². The molecule has 130 valence electrons. The monoisotopic (exact) mass is 327 g/mol. The van der Waals surface area contributed by atoms with Gasteiger partial charge in [0.25, 0.3) is 0 Å². The lowest BCUT2D eigenvalue weighted by Gasteiger charge is -2.63. The molecule has 1 saturated heterocycles. The van der Waals surface area contributed by atoms with E-state index in [9.17, 15) is 0 Å². The average Bonchev–Trinajstić information content (AvgIpc) is 2.95. The molecule has 0 amide bonds. The van der Waals surface area contributed by atoms with Gasteiger partial charge in [0.2, 0.25) is 0 Å². The Kier molecular flexibility index (Phi) is 4.25. The number of hydrogen-bond donors (Lipinski definition) is 2. The average molecular weight is 327 g/mol. The summed E-state index contributed by atoms with van der Waals surface area (Å²) in [4.78, 5) is 4.83. The van der Waals surface area contributed by atoms with Crippen LogP contribution in [0.1, 0.15) is 43.7 Å². The number of nitrogens with zero attached hydrogens (tertiary/aromatic N) is 1. The van der Waals surface area contributed by atoms with Gasteiger partial charge in [0.05, 0.1) is 12.6 Å². The van der Waals surface area contributed by atoms with Crippen LogP contribution in [0.3, 0.4) is 0 Å². The Balaban J connectivity index is 1.45. The molecule has 3 unspecified atom stereocenters. The lowest BCUT2D eigenvalue weighted by Crippen LogP contribution is -2.72. The molecule has 24 heavy (non-hydrogen) atoms. The van der Waals surface area contributed by atoms with Crippen molar-refractivity contribution in [2.45, 2.75) is 58.2 Å². The molecule has 1 aliphatic heterocycles. The van der Waals surface area contributed by atoms with Crippen molar-refractivity contribution in [3.8, 4) is 0 Å². The number of aryl methyl sites for hydroxylation is 1. The highest BCUT2D eigenvalue weighted by molar-refractivity contribution is 5.80. The molecule has 2 saturated carbocycles. The molecule has 2 aliphatic carbocycles. The minimum Gasteiger partial charge on any atom is -0.377 e. The second-order valence-electron chi connectivity index (χ2n) is 7.63. The van der Waals surface area contributed by atoms with Crippen LogP contribution in [0.2, 0.25) is 0 Å². The largest absolute Gasteiger partial charge is 0.377 e. The fourth-order valence-corrected chi connectivity index (χ4v) is 4.79. The van der Waals surface area contributed by atoms with E-state index in [2.05, 4.69) is 48.7 Å². The van der Waals surface area contributed by atoms with Crippen molar-refractivity contribution in [1.82, 2.24) is 10.6 Å². The highest BCUT2D eigenvalue weighted by Gasteiger charge is 2.66. The normalized spacial score (nSPS) is 30.4. The van der Waals surface area contributed by atoms with E-state index in [1.165, 1.54) is 36.8 Å². The minimum absolute atomic E-state index is 0.390. The molecule has 0 aromatic heterocycles. The summed E-state index contributed by atoms with van der Waals surface area (Å²) >= 11 is 0. The van der Waals surface area contributed by atoms with E-state index in [1.807, 2.05) is 0 Å². The molecular weight excluding hydrogens is 298 g/mol. The molecule has 0 radical (unpaired) electrons. The first-order chi connectivity index (χ1) is 11.7. The number of guanidine groups is 1. The van der Waals surface area contributed by atoms with Crippen molar-refractivity contribution in [3.63, 3.8) is 0 Å². The number of nitrogens with one attached hydrogen (secondary N) is 2. The highest BCUT2D eigenvalue weighted by Crippen LogP contribution is 2.62. The number of benzene rings is 1. The van der Waals surface area contributed by atoms with Gasteiger partial charge < -0.3 is 15.4 Å². The van der Waals surface area contributed by atoms with Gasteiger partial charge in [-0.3, -0.25) is 0 Å². The summed E-state index contributed by atoms with van der Waals surface area (Å²) < 4.78 is 6.02. The van der Waals surface area contributed by atoms with Gasteiger partial charge in [-0.2, -0.15) is 0 Å². The van der Waals surface area contributed by atoms with Crippen molar-refractivity contribution in [1.29, 1.82) is 0 Å². The molecule has 4 nitrogen and oxygen atoms in total. The SMILES string of the molecule is CCNC(=NCc1ccc(C)cc1)NC1C2CCOC2C12CCC2. The molecule has 1 spiro atoms.